The second kappa shape index (κ2) is 77.1. The maximum atomic E-state index is 13.1. The second-order valence-electron chi connectivity index (χ2n) is 27.7. The van der Waals surface area contributed by atoms with Crippen molar-refractivity contribution in [3.8, 4) is 0 Å². The van der Waals surface area contributed by atoms with Crippen LogP contribution in [0, 0.1) is 0 Å². The number of hydrogen-bond acceptors (Lipinski definition) is 15. The van der Waals surface area contributed by atoms with Gasteiger partial charge in [0.15, 0.2) is 12.2 Å². The minimum Gasteiger partial charge on any atom is -0.462 e. The number of carbonyl (C=O) groups excluding carboxylic acids is 4. The molecular formula is C85H150O17P2. The Morgan fingerprint density at radius 1 is 0.269 bits per heavy atom. The SMILES string of the molecule is CCCCC/C=C\C/C=C\C/C=C\C/C=C\CCCC(=O)OC[C@H](COP(=O)(O)OC[C@H](O)COP(=O)(O)OC[C@@H](COC(=O)CCCCCCCCCCCCCCCCCCC)OC(=O)CCCCCCC/C=C\C/C=C\CCCCC)OC(=O)CCCCCCC/C=C\C/C=C\CCCCC. The highest BCUT2D eigenvalue weighted by atomic mass is 31.2. The summed E-state index contributed by atoms with van der Waals surface area (Å²) in [4.78, 5) is 73.1. The zero-order valence-electron chi connectivity index (χ0n) is 65.9. The van der Waals surface area contributed by atoms with Crippen molar-refractivity contribution in [1.82, 2.24) is 0 Å². The molecule has 0 rings (SSSR count). The van der Waals surface area contributed by atoms with Crippen LogP contribution in [0.4, 0.5) is 0 Å². The van der Waals surface area contributed by atoms with E-state index >= 15 is 0 Å². The van der Waals surface area contributed by atoms with Crippen LogP contribution in [-0.4, -0.2) is 96.7 Å². The molecule has 0 aromatic heterocycles. The third-order valence-corrected chi connectivity index (χ3v) is 19.4. The van der Waals surface area contributed by atoms with Gasteiger partial charge in [0, 0.05) is 25.7 Å². The molecule has 2 unspecified atom stereocenters. The average molecular weight is 1510 g/mol. The van der Waals surface area contributed by atoms with E-state index in [4.69, 9.17) is 37.0 Å². The maximum Gasteiger partial charge on any atom is 0.472 e. The van der Waals surface area contributed by atoms with E-state index in [0.29, 0.717) is 32.1 Å². The zero-order chi connectivity index (χ0) is 76.0. The van der Waals surface area contributed by atoms with E-state index in [1.165, 1.54) is 141 Å². The third-order valence-electron chi connectivity index (χ3n) is 17.5. The molecule has 0 spiro atoms. The number of unbranched alkanes of at least 4 members (excludes halogenated alkanes) is 36. The largest absolute Gasteiger partial charge is 0.472 e. The maximum absolute atomic E-state index is 13.1. The first-order chi connectivity index (χ1) is 50.7. The van der Waals surface area contributed by atoms with Crippen molar-refractivity contribution in [3.05, 3.63) is 97.2 Å². The molecule has 602 valence electrons. The Balaban J connectivity index is 5.40. The van der Waals surface area contributed by atoms with Crippen molar-refractivity contribution >= 4 is 39.5 Å². The first-order valence-electron chi connectivity index (χ1n) is 41.5. The molecule has 0 amide bonds. The minimum absolute atomic E-state index is 0.0673. The molecule has 0 saturated heterocycles. The van der Waals surface area contributed by atoms with E-state index < -0.39 is 97.5 Å². The Morgan fingerprint density at radius 3 is 0.779 bits per heavy atom. The normalized spacial score (nSPS) is 14.3. The molecule has 0 bridgehead atoms. The van der Waals surface area contributed by atoms with Gasteiger partial charge in [0.2, 0.25) is 0 Å². The van der Waals surface area contributed by atoms with Crippen LogP contribution >= 0.6 is 15.6 Å². The summed E-state index contributed by atoms with van der Waals surface area (Å²) in [7, 11) is -9.98. The summed E-state index contributed by atoms with van der Waals surface area (Å²) in [6.07, 6.45) is 82.4. The van der Waals surface area contributed by atoms with Crippen LogP contribution in [0.25, 0.3) is 0 Å². The van der Waals surface area contributed by atoms with Gasteiger partial charge < -0.3 is 33.8 Å². The van der Waals surface area contributed by atoms with Crippen molar-refractivity contribution in [2.75, 3.05) is 39.6 Å². The van der Waals surface area contributed by atoms with E-state index in [0.717, 1.165) is 135 Å². The Morgan fingerprint density at radius 2 is 0.481 bits per heavy atom. The predicted molar refractivity (Wildman–Crippen MR) is 427 cm³/mol. The topological polar surface area (TPSA) is 237 Å². The minimum atomic E-state index is -4.99. The molecular weight excluding hydrogens is 1350 g/mol. The van der Waals surface area contributed by atoms with Crippen molar-refractivity contribution in [1.29, 1.82) is 0 Å². The van der Waals surface area contributed by atoms with Crippen LogP contribution in [0.5, 0.6) is 0 Å². The lowest BCUT2D eigenvalue weighted by atomic mass is 10.0. The molecule has 0 aliphatic carbocycles. The number of ether oxygens (including phenoxy) is 4. The third kappa shape index (κ3) is 76.2. The summed E-state index contributed by atoms with van der Waals surface area (Å²) < 4.78 is 68.6. The standard InChI is InChI=1S/C85H150O17P2/c1-5-9-13-17-21-25-29-33-37-39-43-45-49-53-57-61-65-69-82(87)95-75-80(101-84(89)71-67-63-59-55-51-47-41-35-31-27-23-19-15-11-7-3)77-99-103(91,92)97-73-79(86)74-98-104(93,94)100-78-81(102-85(90)72-68-64-60-56-52-48-42-36-32-28-24-20-16-12-8-4)76-96-83(88)70-66-62-58-54-50-46-44-40-38-34-30-26-22-18-14-10-6-2/h21,23-25,27-28,33,35-37,41-43,45,53,57,79-81,86H,5-20,22,26,29-32,34,38-40,44,46-52,54-56,58-78H2,1-4H3,(H,91,92)(H,93,94)/b25-21-,27-23-,28-24-,37-33-,41-35-,42-36-,45-43-,57-53-/t79-,80+,81+/m0/s1. The molecule has 17 nitrogen and oxygen atoms in total. The lowest BCUT2D eigenvalue weighted by molar-refractivity contribution is -0.161. The number of carbonyl (C=O) groups is 4. The molecule has 0 saturated carbocycles. The molecule has 3 N–H and O–H groups in total. The number of rotatable bonds is 78. The van der Waals surface area contributed by atoms with Crippen LogP contribution in [-0.2, 0) is 65.4 Å². The fraction of sp³-hybridized carbons (Fsp3) is 0.765. The van der Waals surface area contributed by atoms with Crippen molar-refractivity contribution in [3.63, 3.8) is 0 Å². The quantitative estimate of drug-likeness (QED) is 0.0169. The first kappa shape index (κ1) is 100.0. The Labute approximate surface area is 633 Å². The van der Waals surface area contributed by atoms with Gasteiger partial charge in [-0.25, -0.2) is 9.13 Å². The average Bonchev–Trinajstić information content (AvgIpc) is 0.937. The number of aliphatic hydroxyl groups excluding tert-OH is 1. The van der Waals surface area contributed by atoms with E-state index in [2.05, 4.69) is 113 Å². The fourth-order valence-electron chi connectivity index (χ4n) is 11.2. The second-order valence-corrected chi connectivity index (χ2v) is 30.6. The van der Waals surface area contributed by atoms with Crippen LogP contribution in [0.15, 0.2) is 97.2 Å². The van der Waals surface area contributed by atoms with E-state index in [-0.39, 0.29) is 25.7 Å². The molecule has 0 heterocycles. The predicted octanol–water partition coefficient (Wildman–Crippen LogP) is 24.3. The molecule has 19 heteroatoms. The summed E-state index contributed by atoms with van der Waals surface area (Å²) in [5, 5.41) is 10.7. The molecule has 5 atom stereocenters. The summed E-state index contributed by atoms with van der Waals surface area (Å²) in [6, 6.07) is 0. The van der Waals surface area contributed by atoms with E-state index in [9.17, 15) is 43.2 Å². The van der Waals surface area contributed by atoms with Gasteiger partial charge in [-0.1, -0.05) is 305 Å². The van der Waals surface area contributed by atoms with E-state index in [1.807, 2.05) is 12.2 Å². The number of hydrogen-bond donors (Lipinski definition) is 3. The van der Waals surface area contributed by atoms with Gasteiger partial charge in [-0.15, -0.1) is 0 Å². The van der Waals surface area contributed by atoms with Gasteiger partial charge in [0.05, 0.1) is 26.4 Å². The molecule has 0 aromatic rings. The van der Waals surface area contributed by atoms with Gasteiger partial charge >= 0.3 is 39.5 Å². The Bertz CT molecular complexity index is 2350. The number of phosphoric ester groups is 2. The molecule has 0 radical (unpaired) electrons. The molecule has 0 aliphatic heterocycles. The molecule has 0 fully saturated rings. The summed E-state index contributed by atoms with van der Waals surface area (Å²) in [6.45, 7) is 4.76. The van der Waals surface area contributed by atoms with Gasteiger partial charge in [0.25, 0.3) is 0 Å². The lowest BCUT2D eigenvalue weighted by Gasteiger charge is -2.21. The van der Waals surface area contributed by atoms with Crippen molar-refractivity contribution in [2.45, 2.75) is 380 Å². The van der Waals surface area contributed by atoms with Crippen LogP contribution < -0.4 is 0 Å². The molecule has 0 aromatic carbocycles. The number of phosphoric acid groups is 2. The molecule has 0 aliphatic rings. The highest BCUT2D eigenvalue weighted by Crippen LogP contribution is 2.45. The lowest BCUT2D eigenvalue weighted by Crippen LogP contribution is -2.30. The fourth-order valence-corrected chi connectivity index (χ4v) is 12.7. The molecule has 104 heavy (non-hydrogen) atoms. The van der Waals surface area contributed by atoms with E-state index in [1.54, 1.807) is 0 Å². The van der Waals surface area contributed by atoms with Gasteiger partial charge in [-0.2, -0.15) is 0 Å². The Hall–Kier alpha value is -4.02. The van der Waals surface area contributed by atoms with Crippen LogP contribution in [0.1, 0.15) is 362 Å². The monoisotopic (exact) mass is 1510 g/mol. The smallest absolute Gasteiger partial charge is 0.462 e. The summed E-state index contributed by atoms with van der Waals surface area (Å²) >= 11 is 0. The van der Waals surface area contributed by atoms with Crippen molar-refractivity contribution in [2.24, 2.45) is 0 Å². The van der Waals surface area contributed by atoms with Crippen LogP contribution in [0.3, 0.4) is 0 Å². The summed E-state index contributed by atoms with van der Waals surface area (Å²) in [5.41, 5.74) is 0. The number of esters is 4. The van der Waals surface area contributed by atoms with Gasteiger partial charge in [-0.3, -0.25) is 37.3 Å². The van der Waals surface area contributed by atoms with Crippen LogP contribution in [0.2, 0.25) is 0 Å². The highest BCUT2D eigenvalue weighted by molar-refractivity contribution is 7.47. The zero-order valence-corrected chi connectivity index (χ0v) is 67.7. The van der Waals surface area contributed by atoms with Crippen molar-refractivity contribution < 1.29 is 80.2 Å². The van der Waals surface area contributed by atoms with Gasteiger partial charge in [-0.05, 0) is 128 Å². The number of allylic oxidation sites excluding steroid dienone is 16. The Kier molecular flexibility index (Phi) is 74.2. The number of aliphatic hydroxyl groups is 1. The first-order valence-corrected chi connectivity index (χ1v) is 44.5. The highest BCUT2D eigenvalue weighted by Gasteiger charge is 2.30. The summed E-state index contributed by atoms with van der Waals surface area (Å²) in [5.74, 6) is -2.25. The van der Waals surface area contributed by atoms with Gasteiger partial charge in [0.1, 0.15) is 19.3 Å².